The maximum absolute atomic E-state index is 12.7. The van der Waals surface area contributed by atoms with Crippen molar-refractivity contribution in [3.8, 4) is 17.2 Å². The number of para-hydroxylation sites is 2. The van der Waals surface area contributed by atoms with Crippen LogP contribution in [0.2, 0.25) is 0 Å². The first-order chi connectivity index (χ1) is 13.8. The molecule has 0 unspecified atom stereocenters. The first-order valence-corrected chi connectivity index (χ1v) is 8.99. The van der Waals surface area contributed by atoms with Gasteiger partial charge < -0.3 is 10.1 Å². The fourth-order valence-electron chi connectivity index (χ4n) is 2.90. The molecule has 3 aromatic carbocycles. The van der Waals surface area contributed by atoms with Gasteiger partial charge in [0.2, 0.25) is 0 Å². The molecule has 0 aliphatic heterocycles. The predicted molar refractivity (Wildman–Crippen MR) is 108 cm³/mol. The fourth-order valence-corrected chi connectivity index (χ4v) is 2.90. The highest BCUT2D eigenvalue weighted by molar-refractivity contribution is 5.97. The van der Waals surface area contributed by atoms with Crippen LogP contribution in [-0.4, -0.2) is 15.7 Å². The van der Waals surface area contributed by atoms with Gasteiger partial charge in [-0.2, -0.15) is 5.10 Å². The number of rotatable bonds is 6. The van der Waals surface area contributed by atoms with Crippen LogP contribution in [0, 0.1) is 0 Å². The summed E-state index contributed by atoms with van der Waals surface area (Å²) in [6, 6.07) is 26.5. The molecule has 0 saturated carbocycles. The number of carbonyl (C=O) groups excluding carboxylic acids is 1. The van der Waals surface area contributed by atoms with Crippen LogP contribution in [0.15, 0.2) is 97.3 Å². The van der Waals surface area contributed by atoms with Gasteiger partial charge in [-0.1, -0.05) is 42.5 Å². The van der Waals surface area contributed by atoms with Crippen LogP contribution < -0.4 is 10.1 Å². The van der Waals surface area contributed by atoms with Crippen molar-refractivity contribution in [2.45, 2.75) is 6.54 Å². The van der Waals surface area contributed by atoms with E-state index in [1.165, 1.54) is 0 Å². The average Bonchev–Trinajstić information content (AvgIpc) is 3.28. The Morgan fingerprint density at radius 3 is 2.50 bits per heavy atom. The zero-order chi connectivity index (χ0) is 19.2. The van der Waals surface area contributed by atoms with E-state index in [0.29, 0.717) is 12.1 Å². The van der Waals surface area contributed by atoms with Gasteiger partial charge in [-0.25, -0.2) is 4.68 Å². The molecule has 0 aliphatic carbocycles. The van der Waals surface area contributed by atoms with Crippen molar-refractivity contribution < 1.29 is 9.53 Å². The summed E-state index contributed by atoms with van der Waals surface area (Å²) >= 11 is 0. The summed E-state index contributed by atoms with van der Waals surface area (Å²) in [5, 5.41) is 7.19. The molecule has 1 amide bonds. The van der Waals surface area contributed by atoms with E-state index in [0.717, 1.165) is 22.7 Å². The second kappa shape index (κ2) is 8.22. The molecule has 1 heterocycles. The summed E-state index contributed by atoms with van der Waals surface area (Å²) in [6.45, 7) is 0.401. The van der Waals surface area contributed by atoms with Crippen molar-refractivity contribution in [2.24, 2.45) is 0 Å². The molecule has 5 nitrogen and oxygen atoms in total. The molecular formula is C23H19N3O2. The lowest BCUT2D eigenvalue weighted by Gasteiger charge is -2.11. The van der Waals surface area contributed by atoms with Crippen LogP contribution in [0.3, 0.4) is 0 Å². The molecule has 0 bridgehead atoms. The third-order valence-electron chi connectivity index (χ3n) is 4.23. The largest absolute Gasteiger partial charge is 0.457 e. The fraction of sp³-hybridized carbons (Fsp3) is 0.0435. The molecule has 5 heteroatoms. The number of nitrogens with one attached hydrogen (secondary N) is 1. The normalized spacial score (nSPS) is 10.4. The van der Waals surface area contributed by atoms with E-state index in [1.807, 2.05) is 85.1 Å². The summed E-state index contributed by atoms with van der Waals surface area (Å²) in [6.07, 6.45) is 3.50. The maximum Gasteiger partial charge on any atom is 0.253 e. The third kappa shape index (κ3) is 4.10. The molecule has 4 rings (SSSR count). The van der Waals surface area contributed by atoms with Gasteiger partial charge in [-0.3, -0.25) is 4.79 Å². The second-order valence-corrected chi connectivity index (χ2v) is 6.21. The van der Waals surface area contributed by atoms with Gasteiger partial charge in [-0.05, 0) is 48.0 Å². The summed E-state index contributed by atoms with van der Waals surface area (Å²) < 4.78 is 7.54. The summed E-state index contributed by atoms with van der Waals surface area (Å²) in [5.41, 5.74) is 2.27. The van der Waals surface area contributed by atoms with Crippen LogP contribution in [0.25, 0.3) is 5.69 Å². The average molecular weight is 369 g/mol. The molecule has 0 atom stereocenters. The molecule has 0 spiro atoms. The van der Waals surface area contributed by atoms with E-state index in [1.54, 1.807) is 16.9 Å². The Labute approximate surface area is 163 Å². The molecular weight excluding hydrogens is 350 g/mol. The van der Waals surface area contributed by atoms with Crippen molar-refractivity contribution in [3.05, 3.63) is 108 Å². The van der Waals surface area contributed by atoms with E-state index in [9.17, 15) is 4.79 Å². The van der Waals surface area contributed by atoms with Gasteiger partial charge in [0.15, 0.2) is 0 Å². The Bertz CT molecular complexity index is 1060. The highest BCUT2D eigenvalue weighted by Gasteiger charge is 2.12. The number of aromatic nitrogens is 2. The molecule has 4 aromatic rings. The maximum atomic E-state index is 12.7. The standard InChI is InChI=1S/C23H19N3O2/c27-23(21-12-4-5-13-22(21)26-15-7-14-25-26)24-17-18-8-6-11-20(16-18)28-19-9-2-1-3-10-19/h1-16H,17H2,(H,24,27). The summed E-state index contributed by atoms with van der Waals surface area (Å²) in [4.78, 5) is 12.7. The monoisotopic (exact) mass is 369 g/mol. The third-order valence-corrected chi connectivity index (χ3v) is 4.23. The topological polar surface area (TPSA) is 56.1 Å². The highest BCUT2D eigenvalue weighted by atomic mass is 16.5. The zero-order valence-corrected chi connectivity index (χ0v) is 15.2. The number of hydrogen-bond donors (Lipinski definition) is 1. The first-order valence-electron chi connectivity index (χ1n) is 8.99. The van der Waals surface area contributed by atoms with Crippen LogP contribution in [-0.2, 0) is 6.54 Å². The van der Waals surface area contributed by atoms with Crippen LogP contribution in [0.4, 0.5) is 0 Å². The van der Waals surface area contributed by atoms with E-state index >= 15 is 0 Å². The predicted octanol–water partition coefficient (Wildman–Crippen LogP) is 4.59. The lowest BCUT2D eigenvalue weighted by Crippen LogP contribution is -2.24. The lowest BCUT2D eigenvalue weighted by molar-refractivity contribution is 0.0950. The molecule has 1 aromatic heterocycles. The summed E-state index contributed by atoms with van der Waals surface area (Å²) in [7, 11) is 0. The van der Waals surface area contributed by atoms with Crippen molar-refractivity contribution >= 4 is 5.91 Å². The Morgan fingerprint density at radius 1 is 0.893 bits per heavy atom. The Kier molecular flexibility index (Phi) is 5.15. The molecule has 0 fully saturated rings. The smallest absolute Gasteiger partial charge is 0.253 e. The van der Waals surface area contributed by atoms with Crippen molar-refractivity contribution in [3.63, 3.8) is 0 Å². The number of ether oxygens (including phenoxy) is 1. The number of hydrogen-bond acceptors (Lipinski definition) is 3. The highest BCUT2D eigenvalue weighted by Crippen LogP contribution is 2.22. The zero-order valence-electron chi connectivity index (χ0n) is 15.2. The van der Waals surface area contributed by atoms with Crippen molar-refractivity contribution in [1.29, 1.82) is 0 Å². The first kappa shape index (κ1) is 17.5. The lowest BCUT2D eigenvalue weighted by atomic mass is 10.1. The van der Waals surface area contributed by atoms with Gasteiger partial charge in [0.25, 0.3) is 5.91 Å². The minimum Gasteiger partial charge on any atom is -0.457 e. The molecule has 0 radical (unpaired) electrons. The molecule has 0 aliphatic rings. The van der Waals surface area contributed by atoms with E-state index in [-0.39, 0.29) is 5.91 Å². The molecule has 28 heavy (non-hydrogen) atoms. The van der Waals surface area contributed by atoms with Gasteiger partial charge in [0.1, 0.15) is 11.5 Å². The minimum atomic E-state index is -0.152. The Balaban J connectivity index is 1.45. The SMILES string of the molecule is O=C(NCc1cccc(Oc2ccccc2)c1)c1ccccc1-n1cccn1. The number of carbonyl (C=O) groups is 1. The molecule has 138 valence electrons. The number of nitrogens with zero attached hydrogens (tertiary/aromatic N) is 2. The van der Waals surface area contributed by atoms with Gasteiger partial charge in [0.05, 0.1) is 11.3 Å². The molecule has 0 saturated heterocycles. The van der Waals surface area contributed by atoms with E-state index in [2.05, 4.69) is 10.4 Å². The van der Waals surface area contributed by atoms with Crippen LogP contribution in [0.1, 0.15) is 15.9 Å². The van der Waals surface area contributed by atoms with Crippen LogP contribution >= 0.6 is 0 Å². The van der Waals surface area contributed by atoms with Crippen LogP contribution in [0.5, 0.6) is 11.5 Å². The Morgan fingerprint density at radius 2 is 1.68 bits per heavy atom. The van der Waals surface area contributed by atoms with Gasteiger partial charge in [0, 0.05) is 18.9 Å². The number of benzene rings is 3. The van der Waals surface area contributed by atoms with Crippen molar-refractivity contribution in [1.82, 2.24) is 15.1 Å². The minimum absolute atomic E-state index is 0.152. The van der Waals surface area contributed by atoms with Gasteiger partial charge >= 0.3 is 0 Å². The Hall–Kier alpha value is -3.86. The number of amides is 1. The quantitative estimate of drug-likeness (QED) is 0.541. The summed E-state index contributed by atoms with van der Waals surface area (Å²) in [5.74, 6) is 1.35. The van der Waals surface area contributed by atoms with Gasteiger partial charge in [-0.15, -0.1) is 0 Å². The van der Waals surface area contributed by atoms with E-state index < -0.39 is 0 Å². The van der Waals surface area contributed by atoms with Crippen molar-refractivity contribution in [2.75, 3.05) is 0 Å². The second-order valence-electron chi connectivity index (χ2n) is 6.21. The molecule has 1 N–H and O–H groups in total. The van der Waals surface area contributed by atoms with E-state index in [4.69, 9.17) is 4.74 Å².